The van der Waals surface area contributed by atoms with Gasteiger partial charge in [-0.05, 0) is 31.0 Å². The van der Waals surface area contributed by atoms with Crippen LogP contribution >= 0.6 is 0 Å². The summed E-state index contributed by atoms with van der Waals surface area (Å²) in [7, 11) is 0. The van der Waals surface area contributed by atoms with Crippen LogP contribution in [0.2, 0.25) is 0 Å². The van der Waals surface area contributed by atoms with Crippen molar-refractivity contribution in [2.24, 2.45) is 0 Å². The molecule has 1 aliphatic rings. The Balaban J connectivity index is 1.45. The third kappa shape index (κ3) is 4.18. The summed E-state index contributed by atoms with van der Waals surface area (Å²) < 4.78 is 53.5. The fourth-order valence-electron chi connectivity index (χ4n) is 3.59. The first-order valence-corrected chi connectivity index (χ1v) is 9.19. The number of aromatic amines is 1. The second kappa shape index (κ2) is 7.38. The number of nitrogens with one attached hydrogen (secondary N) is 3. The van der Waals surface area contributed by atoms with Gasteiger partial charge in [0.05, 0.1) is 11.2 Å². The number of H-pyrrole nitrogens is 1. The Labute approximate surface area is 163 Å². The first-order chi connectivity index (χ1) is 13.8. The number of amides is 2. The predicted octanol–water partition coefficient (Wildman–Crippen LogP) is 5.78. The molecule has 1 saturated carbocycles. The quantitative estimate of drug-likeness (QED) is 0.483. The summed E-state index contributed by atoms with van der Waals surface area (Å²) >= 11 is 0. The summed E-state index contributed by atoms with van der Waals surface area (Å²) in [5.74, 6) is -4.70. The molecule has 0 radical (unpaired) electrons. The highest BCUT2D eigenvalue weighted by atomic mass is 19.3. The van der Waals surface area contributed by atoms with Gasteiger partial charge in [-0.15, -0.1) is 0 Å². The van der Waals surface area contributed by atoms with E-state index in [4.69, 9.17) is 0 Å². The van der Waals surface area contributed by atoms with Crippen molar-refractivity contribution in [2.45, 2.75) is 37.5 Å². The molecule has 0 bridgehead atoms. The van der Waals surface area contributed by atoms with E-state index in [1.54, 1.807) is 12.1 Å². The summed E-state index contributed by atoms with van der Waals surface area (Å²) in [5, 5.41) is 5.56. The van der Waals surface area contributed by atoms with Crippen LogP contribution in [0.5, 0.6) is 0 Å². The van der Waals surface area contributed by atoms with Crippen molar-refractivity contribution in [1.29, 1.82) is 0 Å². The maximum absolute atomic E-state index is 13.5. The molecule has 2 aromatic heterocycles. The van der Waals surface area contributed by atoms with Gasteiger partial charge in [-0.2, -0.15) is 0 Å². The van der Waals surface area contributed by atoms with Crippen LogP contribution in [0, 0.1) is 11.6 Å². The number of urea groups is 1. The Hall–Kier alpha value is -3.10. The number of fused-ring (bicyclic) bond motifs is 1. The maximum atomic E-state index is 13.5. The molecule has 2 amide bonds. The molecular weight excluding hydrogens is 388 g/mol. The molecule has 0 unspecified atom stereocenters. The third-order valence-corrected chi connectivity index (χ3v) is 5.15. The zero-order valence-electron chi connectivity index (χ0n) is 15.2. The van der Waals surface area contributed by atoms with Gasteiger partial charge in [0, 0.05) is 54.0 Å². The van der Waals surface area contributed by atoms with Crippen LogP contribution in [-0.2, 0) is 0 Å². The normalized spacial score (nSPS) is 16.7. The predicted molar refractivity (Wildman–Crippen MR) is 101 cm³/mol. The lowest BCUT2D eigenvalue weighted by Crippen LogP contribution is -2.24. The van der Waals surface area contributed by atoms with E-state index < -0.39 is 23.6 Å². The number of alkyl halides is 2. The van der Waals surface area contributed by atoms with E-state index in [9.17, 15) is 22.4 Å². The minimum absolute atomic E-state index is 0.0778. The molecule has 0 aliphatic heterocycles. The summed E-state index contributed by atoms with van der Waals surface area (Å²) in [4.78, 5) is 19.3. The van der Waals surface area contributed by atoms with Gasteiger partial charge < -0.3 is 15.6 Å². The van der Waals surface area contributed by atoms with Crippen molar-refractivity contribution in [1.82, 2.24) is 9.97 Å². The average Bonchev–Trinajstić information content (AvgIpc) is 3.03. The summed E-state index contributed by atoms with van der Waals surface area (Å²) in [5.41, 5.74) is 1.75. The number of carbonyl (C=O) groups excluding carboxylic acids is 1. The number of nitrogens with zero attached hydrogens (tertiary/aromatic N) is 1. The van der Waals surface area contributed by atoms with Crippen molar-refractivity contribution in [2.75, 3.05) is 10.6 Å². The van der Waals surface area contributed by atoms with Crippen molar-refractivity contribution < 1.29 is 22.4 Å². The molecule has 152 valence electrons. The van der Waals surface area contributed by atoms with E-state index >= 15 is 0 Å². The van der Waals surface area contributed by atoms with Gasteiger partial charge in [0.1, 0.15) is 0 Å². The molecule has 2 heterocycles. The monoisotopic (exact) mass is 406 g/mol. The molecule has 0 saturated heterocycles. The lowest BCUT2D eigenvalue weighted by Gasteiger charge is -2.28. The lowest BCUT2D eigenvalue weighted by atomic mass is 9.84. The van der Waals surface area contributed by atoms with Crippen LogP contribution in [0.1, 0.15) is 37.3 Å². The molecule has 0 spiro atoms. The fourth-order valence-corrected chi connectivity index (χ4v) is 3.59. The van der Waals surface area contributed by atoms with Gasteiger partial charge in [0.25, 0.3) is 0 Å². The molecule has 5 nitrogen and oxygen atoms in total. The molecule has 0 atom stereocenters. The molecule has 1 aromatic carbocycles. The molecule has 3 N–H and O–H groups in total. The average molecular weight is 406 g/mol. The van der Waals surface area contributed by atoms with Crippen molar-refractivity contribution in [3.05, 3.63) is 54.0 Å². The molecule has 4 rings (SSSR count). The number of carbonyl (C=O) groups is 1. The maximum Gasteiger partial charge on any atom is 0.323 e. The molecule has 1 fully saturated rings. The van der Waals surface area contributed by atoms with Crippen molar-refractivity contribution in [3.8, 4) is 0 Å². The molecule has 29 heavy (non-hydrogen) atoms. The number of aromatic nitrogens is 2. The zero-order chi connectivity index (χ0) is 20.6. The van der Waals surface area contributed by atoms with Crippen LogP contribution in [-0.4, -0.2) is 21.9 Å². The van der Waals surface area contributed by atoms with Crippen molar-refractivity contribution >= 4 is 28.3 Å². The molecule has 3 aromatic rings. The van der Waals surface area contributed by atoms with Gasteiger partial charge in [0.2, 0.25) is 5.92 Å². The Morgan fingerprint density at radius 3 is 2.59 bits per heavy atom. The van der Waals surface area contributed by atoms with E-state index in [0.29, 0.717) is 40.8 Å². The molecule has 1 aliphatic carbocycles. The SMILES string of the molecule is O=C(Nc1ccnc(C2CCC(F)(F)CC2)c1)Nc1c[nH]c2cc(F)c(F)cc12. The van der Waals surface area contributed by atoms with E-state index in [2.05, 4.69) is 20.6 Å². The van der Waals surface area contributed by atoms with Gasteiger partial charge in [-0.25, -0.2) is 22.4 Å². The molecule has 9 heteroatoms. The number of halogens is 4. The van der Waals surface area contributed by atoms with Crippen molar-refractivity contribution in [3.63, 3.8) is 0 Å². The summed E-state index contributed by atoms with van der Waals surface area (Å²) in [6.45, 7) is 0. The van der Waals surface area contributed by atoms with Crippen LogP contribution < -0.4 is 10.6 Å². The second-order valence-corrected chi connectivity index (χ2v) is 7.19. The number of benzene rings is 1. The largest absolute Gasteiger partial charge is 0.359 e. The van der Waals surface area contributed by atoms with Crippen LogP contribution in [0.3, 0.4) is 0 Å². The van der Waals surface area contributed by atoms with E-state index in [1.807, 2.05) is 0 Å². The number of pyridine rings is 1. The first-order valence-electron chi connectivity index (χ1n) is 9.19. The fraction of sp³-hybridized carbons (Fsp3) is 0.300. The van der Waals surface area contributed by atoms with Crippen LogP contribution in [0.25, 0.3) is 10.9 Å². The number of anilines is 2. The van der Waals surface area contributed by atoms with Gasteiger partial charge >= 0.3 is 6.03 Å². The lowest BCUT2D eigenvalue weighted by molar-refractivity contribution is -0.0384. The summed E-state index contributed by atoms with van der Waals surface area (Å²) in [6, 6.07) is 4.68. The number of hydrogen-bond acceptors (Lipinski definition) is 2. The van der Waals surface area contributed by atoms with Crippen LogP contribution in [0.4, 0.5) is 33.7 Å². The topological polar surface area (TPSA) is 69.8 Å². The highest BCUT2D eigenvalue weighted by Gasteiger charge is 2.35. The van der Waals surface area contributed by atoms with Crippen LogP contribution in [0.15, 0.2) is 36.7 Å². The smallest absolute Gasteiger partial charge is 0.323 e. The van der Waals surface area contributed by atoms with Gasteiger partial charge in [-0.1, -0.05) is 0 Å². The summed E-state index contributed by atoms with van der Waals surface area (Å²) in [6.07, 6.45) is 3.29. The highest BCUT2D eigenvalue weighted by molar-refractivity contribution is 6.05. The Kier molecular flexibility index (Phi) is 4.89. The highest BCUT2D eigenvalue weighted by Crippen LogP contribution is 2.40. The number of hydrogen-bond donors (Lipinski definition) is 3. The molecular formula is C20H18F4N4O. The van der Waals surface area contributed by atoms with Gasteiger partial charge in [-0.3, -0.25) is 4.98 Å². The Morgan fingerprint density at radius 2 is 1.83 bits per heavy atom. The number of rotatable bonds is 3. The van der Waals surface area contributed by atoms with Gasteiger partial charge in [0.15, 0.2) is 11.6 Å². The standard InChI is InChI=1S/C20H18F4N4O/c21-14-8-13-17(9-15(14)22)26-10-18(13)28-19(29)27-12-3-6-25-16(7-12)11-1-4-20(23,24)5-2-11/h3,6-11,26H,1-2,4-5H2,(H2,25,27,28,29). The second-order valence-electron chi connectivity index (χ2n) is 7.19. The van der Waals surface area contributed by atoms with E-state index in [-0.39, 0.29) is 18.8 Å². The Morgan fingerprint density at radius 1 is 1.10 bits per heavy atom. The van der Waals surface area contributed by atoms with E-state index in [0.717, 1.165) is 12.1 Å². The zero-order valence-corrected chi connectivity index (χ0v) is 15.2. The minimum atomic E-state index is -2.62. The third-order valence-electron chi connectivity index (χ3n) is 5.15. The Bertz CT molecular complexity index is 1060. The first kappa shape index (κ1) is 19.2. The minimum Gasteiger partial charge on any atom is -0.359 e. The van der Waals surface area contributed by atoms with E-state index in [1.165, 1.54) is 12.4 Å².